The van der Waals surface area contributed by atoms with Crippen LogP contribution in [0.4, 0.5) is 0 Å². The molecule has 9 nitrogen and oxygen atoms in total. The lowest BCUT2D eigenvalue weighted by molar-refractivity contribution is -0.118. The van der Waals surface area contributed by atoms with E-state index in [1.165, 1.54) is 0 Å². The van der Waals surface area contributed by atoms with Crippen molar-refractivity contribution in [1.82, 2.24) is 41.5 Å². The van der Waals surface area contributed by atoms with Gasteiger partial charge in [0.15, 0.2) is 0 Å². The fourth-order valence-electron chi connectivity index (χ4n) is 1.96. The first kappa shape index (κ1) is 16.2. The average molecular weight is 306 g/mol. The fraction of sp³-hybridized carbons (Fsp3) is 0.615. The van der Waals surface area contributed by atoms with Crippen molar-refractivity contribution >= 4 is 5.78 Å². The molecule has 2 aromatic heterocycles. The van der Waals surface area contributed by atoms with Crippen LogP contribution in [0, 0.1) is 0 Å². The standard InChI is InChI=1S/C13H22N8O/c22-13(3-7-14-5-1-11-9-16-20-18-11)4-8-15-6-2-12-10-17-21-19-12/h9-10,14-15H,1-8H2,(H,16,18,20)(H,17,19,21). The first-order valence-corrected chi connectivity index (χ1v) is 7.47. The molecule has 0 aliphatic heterocycles. The second-order valence-electron chi connectivity index (χ2n) is 4.96. The van der Waals surface area contributed by atoms with Crippen molar-refractivity contribution in [2.45, 2.75) is 25.7 Å². The summed E-state index contributed by atoms with van der Waals surface area (Å²) in [6, 6.07) is 0. The summed E-state index contributed by atoms with van der Waals surface area (Å²) in [5.74, 6) is 0.267. The van der Waals surface area contributed by atoms with Gasteiger partial charge in [-0.25, -0.2) is 0 Å². The summed E-state index contributed by atoms with van der Waals surface area (Å²) < 4.78 is 0. The molecule has 0 unspecified atom stereocenters. The molecule has 0 spiro atoms. The maximum absolute atomic E-state index is 11.7. The largest absolute Gasteiger partial charge is 0.316 e. The summed E-state index contributed by atoms with van der Waals surface area (Å²) in [5.41, 5.74) is 1.85. The Hall–Kier alpha value is -2.13. The van der Waals surface area contributed by atoms with Gasteiger partial charge in [0.1, 0.15) is 5.78 Å². The molecule has 0 bridgehead atoms. The van der Waals surface area contributed by atoms with Gasteiger partial charge < -0.3 is 10.6 Å². The van der Waals surface area contributed by atoms with Crippen LogP contribution in [0.1, 0.15) is 24.2 Å². The predicted octanol–water partition coefficient (Wildman–Crippen LogP) is -0.763. The van der Waals surface area contributed by atoms with E-state index >= 15 is 0 Å². The minimum Gasteiger partial charge on any atom is -0.316 e. The van der Waals surface area contributed by atoms with Gasteiger partial charge in [0.2, 0.25) is 0 Å². The first-order chi connectivity index (χ1) is 10.8. The zero-order chi connectivity index (χ0) is 15.5. The van der Waals surface area contributed by atoms with Gasteiger partial charge in [-0.2, -0.15) is 30.8 Å². The van der Waals surface area contributed by atoms with E-state index in [2.05, 4.69) is 41.5 Å². The Morgan fingerprint density at radius 3 is 1.77 bits per heavy atom. The van der Waals surface area contributed by atoms with Gasteiger partial charge in [-0.1, -0.05) is 0 Å². The van der Waals surface area contributed by atoms with Crippen LogP contribution < -0.4 is 10.6 Å². The highest BCUT2D eigenvalue weighted by molar-refractivity contribution is 5.78. The normalized spacial score (nSPS) is 10.9. The summed E-state index contributed by atoms with van der Waals surface area (Å²) in [7, 11) is 0. The topological polar surface area (TPSA) is 124 Å². The number of rotatable bonds is 12. The molecule has 0 saturated carbocycles. The van der Waals surface area contributed by atoms with Crippen LogP contribution in [0.3, 0.4) is 0 Å². The highest BCUT2D eigenvalue weighted by atomic mass is 16.1. The fourth-order valence-corrected chi connectivity index (χ4v) is 1.96. The monoisotopic (exact) mass is 306 g/mol. The number of carbonyl (C=O) groups is 1. The Bertz CT molecular complexity index is 464. The van der Waals surface area contributed by atoms with Crippen LogP contribution in [0.5, 0.6) is 0 Å². The lowest BCUT2D eigenvalue weighted by atomic mass is 10.2. The van der Waals surface area contributed by atoms with Crippen molar-refractivity contribution in [2.75, 3.05) is 26.2 Å². The van der Waals surface area contributed by atoms with Gasteiger partial charge in [-0.3, -0.25) is 4.79 Å². The van der Waals surface area contributed by atoms with E-state index in [9.17, 15) is 4.79 Å². The maximum atomic E-state index is 11.7. The molecule has 2 rings (SSSR count). The summed E-state index contributed by atoms with van der Waals surface area (Å²) in [6.07, 6.45) is 6.16. The van der Waals surface area contributed by atoms with Crippen LogP contribution in [0.15, 0.2) is 12.4 Å². The van der Waals surface area contributed by atoms with Crippen molar-refractivity contribution in [2.24, 2.45) is 0 Å². The smallest absolute Gasteiger partial charge is 0.135 e. The maximum Gasteiger partial charge on any atom is 0.135 e. The van der Waals surface area contributed by atoms with E-state index in [0.717, 1.165) is 37.3 Å². The average Bonchev–Trinajstić information content (AvgIpc) is 3.19. The first-order valence-electron chi connectivity index (χ1n) is 7.47. The number of nitrogens with zero attached hydrogens (tertiary/aromatic N) is 4. The van der Waals surface area contributed by atoms with E-state index < -0.39 is 0 Å². The molecule has 0 atom stereocenters. The number of ketones is 1. The molecule has 9 heteroatoms. The van der Waals surface area contributed by atoms with Crippen molar-refractivity contribution < 1.29 is 4.79 Å². The molecule has 0 radical (unpaired) electrons. The van der Waals surface area contributed by atoms with Gasteiger partial charge in [-0.15, -0.1) is 0 Å². The van der Waals surface area contributed by atoms with Crippen LogP contribution in [0.25, 0.3) is 0 Å². The van der Waals surface area contributed by atoms with E-state index in [4.69, 9.17) is 0 Å². The van der Waals surface area contributed by atoms with Crippen molar-refractivity contribution in [3.63, 3.8) is 0 Å². The van der Waals surface area contributed by atoms with Crippen LogP contribution in [-0.2, 0) is 17.6 Å². The molecule has 0 saturated heterocycles. The predicted molar refractivity (Wildman–Crippen MR) is 80.2 cm³/mol. The van der Waals surface area contributed by atoms with Gasteiger partial charge in [-0.05, 0) is 0 Å². The van der Waals surface area contributed by atoms with E-state index in [1.54, 1.807) is 12.4 Å². The molecule has 0 amide bonds. The molecule has 0 aliphatic carbocycles. The molecule has 4 N–H and O–H groups in total. The third-order valence-corrected chi connectivity index (χ3v) is 3.21. The molecule has 2 aromatic rings. The number of H-pyrrole nitrogens is 2. The van der Waals surface area contributed by atoms with Gasteiger partial charge in [0.05, 0.1) is 23.8 Å². The van der Waals surface area contributed by atoms with Gasteiger partial charge >= 0.3 is 0 Å². The Morgan fingerprint density at radius 2 is 1.36 bits per heavy atom. The van der Waals surface area contributed by atoms with Crippen molar-refractivity contribution in [1.29, 1.82) is 0 Å². The molecule has 0 fully saturated rings. The summed E-state index contributed by atoms with van der Waals surface area (Å²) in [5, 5.41) is 27.0. The highest BCUT2D eigenvalue weighted by Gasteiger charge is 2.02. The summed E-state index contributed by atoms with van der Waals surface area (Å²) in [6.45, 7) is 3.01. The van der Waals surface area contributed by atoms with Crippen molar-refractivity contribution in [3.8, 4) is 0 Å². The van der Waals surface area contributed by atoms with Crippen molar-refractivity contribution in [3.05, 3.63) is 23.8 Å². The van der Waals surface area contributed by atoms with Crippen LogP contribution in [-0.4, -0.2) is 62.8 Å². The Labute approximate surface area is 128 Å². The number of hydrogen-bond donors (Lipinski definition) is 4. The number of aromatic amines is 2. The molecule has 22 heavy (non-hydrogen) atoms. The third kappa shape index (κ3) is 6.55. The Balaban J connectivity index is 1.39. The number of nitrogens with one attached hydrogen (secondary N) is 4. The zero-order valence-electron chi connectivity index (χ0n) is 12.5. The van der Waals surface area contributed by atoms with Gasteiger partial charge in [0, 0.05) is 51.9 Å². The SMILES string of the molecule is O=C(CCNCCc1cn[nH]n1)CCNCCc1cn[nH]n1. The molecule has 2 heterocycles. The summed E-state index contributed by atoms with van der Waals surface area (Å²) in [4.78, 5) is 11.7. The highest BCUT2D eigenvalue weighted by Crippen LogP contribution is 1.91. The van der Waals surface area contributed by atoms with Gasteiger partial charge in [0.25, 0.3) is 0 Å². The molecule has 120 valence electrons. The number of hydrogen-bond acceptors (Lipinski definition) is 7. The summed E-state index contributed by atoms with van der Waals surface area (Å²) >= 11 is 0. The quantitative estimate of drug-likeness (QED) is 0.380. The molecular weight excluding hydrogens is 284 g/mol. The Kier molecular flexibility index (Phi) is 7.19. The number of aromatic nitrogens is 6. The van der Waals surface area contributed by atoms with Crippen LogP contribution >= 0.6 is 0 Å². The molecular formula is C13H22N8O. The van der Waals surface area contributed by atoms with E-state index in [1.807, 2.05) is 0 Å². The lowest BCUT2D eigenvalue weighted by Gasteiger charge is -2.04. The van der Waals surface area contributed by atoms with E-state index in [0.29, 0.717) is 25.9 Å². The van der Waals surface area contributed by atoms with E-state index in [-0.39, 0.29) is 5.78 Å². The second-order valence-corrected chi connectivity index (χ2v) is 4.96. The molecule has 0 aromatic carbocycles. The number of carbonyl (C=O) groups excluding carboxylic acids is 1. The Morgan fingerprint density at radius 1 is 0.864 bits per heavy atom. The molecule has 0 aliphatic rings. The minimum atomic E-state index is 0.267. The second kappa shape index (κ2) is 9.74. The van der Waals surface area contributed by atoms with Crippen LogP contribution in [0.2, 0.25) is 0 Å². The number of Topliss-reactive ketones (excluding diaryl/α,β-unsaturated/α-hetero) is 1. The minimum absolute atomic E-state index is 0.267. The zero-order valence-corrected chi connectivity index (χ0v) is 12.5. The third-order valence-electron chi connectivity index (χ3n) is 3.21. The lowest BCUT2D eigenvalue weighted by Crippen LogP contribution is -2.24.